The first-order valence-corrected chi connectivity index (χ1v) is 3.72. The van der Waals surface area contributed by atoms with E-state index in [4.69, 9.17) is 4.84 Å². The van der Waals surface area contributed by atoms with Crippen molar-refractivity contribution in [1.29, 1.82) is 0 Å². The molecule has 1 fully saturated rings. The highest BCUT2D eigenvalue weighted by Crippen LogP contribution is 2.19. The summed E-state index contributed by atoms with van der Waals surface area (Å²) in [5.41, 5.74) is 4.13. The lowest BCUT2D eigenvalue weighted by molar-refractivity contribution is 0.0883. The largest absolute Gasteiger partial charge is 0.301 e. The minimum atomic E-state index is 0.337. The number of rotatable bonds is 1. The summed E-state index contributed by atoms with van der Waals surface area (Å²) in [5, 5.41) is 4.08. The lowest BCUT2D eigenvalue weighted by Gasteiger charge is -2.02. The molecule has 1 atom stereocenters. The molecule has 1 saturated heterocycles. The molecule has 60 valence electrons. The van der Waals surface area contributed by atoms with Gasteiger partial charge in [-0.15, -0.1) is 0 Å². The zero-order chi connectivity index (χ0) is 7.68. The summed E-state index contributed by atoms with van der Waals surface area (Å²) in [6.07, 6.45) is 4.91. The fourth-order valence-corrected chi connectivity index (χ4v) is 1.25. The van der Waals surface area contributed by atoms with Crippen LogP contribution in [0.15, 0.2) is 12.4 Å². The Hall–Kier alpha value is -0.870. The minimum absolute atomic E-state index is 0.337. The monoisotopic (exact) mass is 153 g/mol. The second kappa shape index (κ2) is 2.64. The molecule has 11 heavy (non-hydrogen) atoms. The highest BCUT2D eigenvalue weighted by Gasteiger charge is 2.17. The lowest BCUT2D eigenvalue weighted by atomic mass is 10.1. The molecule has 0 radical (unpaired) electrons. The number of nitrogens with one attached hydrogen (secondary N) is 1. The van der Waals surface area contributed by atoms with Crippen molar-refractivity contribution in [2.45, 2.75) is 12.5 Å². The predicted octanol–water partition coefficient (Wildman–Crippen LogP) is 0.386. The van der Waals surface area contributed by atoms with Crippen molar-refractivity contribution in [3.63, 3.8) is 0 Å². The summed E-state index contributed by atoms with van der Waals surface area (Å²) in [4.78, 5) is 5.03. The summed E-state index contributed by atoms with van der Waals surface area (Å²) in [6, 6.07) is 0.337. The van der Waals surface area contributed by atoms with Crippen LogP contribution < -0.4 is 5.48 Å². The van der Waals surface area contributed by atoms with E-state index in [1.165, 1.54) is 5.56 Å². The molecule has 1 aliphatic heterocycles. The maximum atomic E-state index is 5.03. The SMILES string of the molecule is Cn1cc(C2CCON2)cn1. The van der Waals surface area contributed by atoms with Gasteiger partial charge in [0.15, 0.2) is 0 Å². The van der Waals surface area contributed by atoms with Gasteiger partial charge in [-0.25, -0.2) is 0 Å². The third-order valence-electron chi connectivity index (χ3n) is 1.86. The first-order valence-electron chi connectivity index (χ1n) is 3.72. The molecule has 1 unspecified atom stereocenters. The maximum absolute atomic E-state index is 5.03. The van der Waals surface area contributed by atoms with Crippen molar-refractivity contribution in [2.24, 2.45) is 7.05 Å². The van der Waals surface area contributed by atoms with E-state index in [1.54, 1.807) is 4.68 Å². The molecule has 1 aromatic heterocycles. The van der Waals surface area contributed by atoms with Gasteiger partial charge in [0, 0.05) is 18.8 Å². The smallest absolute Gasteiger partial charge is 0.0701 e. The van der Waals surface area contributed by atoms with Crippen molar-refractivity contribution < 1.29 is 4.84 Å². The van der Waals surface area contributed by atoms with Gasteiger partial charge in [0.25, 0.3) is 0 Å². The standard InChI is InChI=1S/C7H11N3O/c1-10-5-6(4-8-10)7-2-3-11-9-7/h4-5,7,9H,2-3H2,1H3. The van der Waals surface area contributed by atoms with Crippen LogP contribution in [0.25, 0.3) is 0 Å². The van der Waals surface area contributed by atoms with Gasteiger partial charge in [-0.05, 0) is 6.42 Å². The van der Waals surface area contributed by atoms with Gasteiger partial charge in [0.05, 0.1) is 18.8 Å². The first kappa shape index (κ1) is 6.82. The average molecular weight is 153 g/mol. The Balaban J connectivity index is 2.15. The van der Waals surface area contributed by atoms with Crippen molar-refractivity contribution in [1.82, 2.24) is 15.3 Å². The molecule has 0 aliphatic carbocycles. The Morgan fingerprint density at radius 3 is 3.27 bits per heavy atom. The molecule has 0 saturated carbocycles. The zero-order valence-corrected chi connectivity index (χ0v) is 6.45. The normalized spacial score (nSPS) is 24.3. The molecule has 0 spiro atoms. The lowest BCUT2D eigenvalue weighted by Crippen LogP contribution is -2.10. The summed E-state index contributed by atoms with van der Waals surface area (Å²) >= 11 is 0. The van der Waals surface area contributed by atoms with E-state index in [9.17, 15) is 0 Å². The number of hydrogen-bond donors (Lipinski definition) is 1. The zero-order valence-electron chi connectivity index (χ0n) is 6.45. The fourth-order valence-electron chi connectivity index (χ4n) is 1.25. The van der Waals surface area contributed by atoms with Crippen LogP contribution in [-0.4, -0.2) is 16.4 Å². The van der Waals surface area contributed by atoms with Gasteiger partial charge in [-0.2, -0.15) is 10.6 Å². The van der Waals surface area contributed by atoms with Crippen LogP contribution in [0.4, 0.5) is 0 Å². The number of hydrogen-bond acceptors (Lipinski definition) is 3. The number of hydroxylamine groups is 1. The number of aromatic nitrogens is 2. The molecule has 1 N–H and O–H groups in total. The molecule has 4 nitrogen and oxygen atoms in total. The molecular formula is C7H11N3O. The molecule has 0 aromatic carbocycles. The predicted molar refractivity (Wildman–Crippen MR) is 39.7 cm³/mol. The van der Waals surface area contributed by atoms with Gasteiger partial charge in [-0.3, -0.25) is 4.68 Å². The third-order valence-corrected chi connectivity index (χ3v) is 1.86. The Morgan fingerprint density at radius 1 is 1.82 bits per heavy atom. The summed E-state index contributed by atoms with van der Waals surface area (Å²) < 4.78 is 1.80. The van der Waals surface area contributed by atoms with Gasteiger partial charge < -0.3 is 4.84 Å². The van der Waals surface area contributed by atoms with Crippen LogP contribution in [0.1, 0.15) is 18.0 Å². The van der Waals surface area contributed by atoms with E-state index < -0.39 is 0 Å². The van der Waals surface area contributed by atoms with Gasteiger partial charge >= 0.3 is 0 Å². The summed E-state index contributed by atoms with van der Waals surface area (Å²) in [7, 11) is 1.92. The molecule has 1 aliphatic rings. The molecule has 2 rings (SSSR count). The van der Waals surface area contributed by atoms with Gasteiger partial charge in [0.1, 0.15) is 0 Å². The van der Waals surface area contributed by atoms with Crippen LogP contribution >= 0.6 is 0 Å². The second-order valence-electron chi connectivity index (χ2n) is 2.75. The maximum Gasteiger partial charge on any atom is 0.0701 e. The summed E-state index contributed by atoms with van der Waals surface area (Å²) in [6.45, 7) is 0.791. The van der Waals surface area contributed by atoms with E-state index in [-0.39, 0.29) is 0 Å². The molecule has 0 amide bonds. The quantitative estimate of drug-likeness (QED) is 0.634. The number of aryl methyl sites for hydroxylation is 1. The molecular weight excluding hydrogens is 142 g/mol. The van der Waals surface area contributed by atoms with Crippen molar-refractivity contribution >= 4 is 0 Å². The van der Waals surface area contributed by atoms with E-state index in [1.807, 2.05) is 19.4 Å². The van der Waals surface area contributed by atoms with Gasteiger partial charge in [0.2, 0.25) is 0 Å². The van der Waals surface area contributed by atoms with Gasteiger partial charge in [-0.1, -0.05) is 0 Å². The van der Waals surface area contributed by atoms with E-state index in [0.717, 1.165) is 13.0 Å². The van der Waals surface area contributed by atoms with E-state index in [0.29, 0.717) is 6.04 Å². The fraction of sp³-hybridized carbons (Fsp3) is 0.571. The van der Waals surface area contributed by atoms with Crippen molar-refractivity contribution in [2.75, 3.05) is 6.61 Å². The molecule has 4 heteroatoms. The Morgan fingerprint density at radius 2 is 2.73 bits per heavy atom. The van der Waals surface area contributed by atoms with Crippen LogP contribution in [0.5, 0.6) is 0 Å². The Labute approximate surface area is 65.1 Å². The molecule has 2 heterocycles. The van der Waals surface area contributed by atoms with Crippen LogP contribution in [-0.2, 0) is 11.9 Å². The first-order chi connectivity index (χ1) is 5.36. The van der Waals surface area contributed by atoms with E-state index in [2.05, 4.69) is 10.6 Å². The molecule has 0 bridgehead atoms. The Bertz CT molecular complexity index is 240. The highest BCUT2D eigenvalue weighted by atomic mass is 16.7. The summed E-state index contributed by atoms with van der Waals surface area (Å²) in [5.74, 6) is 0. The number of nitrogens with zero attached hydrogens (tertiary/aromatic N) is 2. The topological polar surface area (TPSA) is 39.1 Å². The second-order valence-corrected chi connectivity index (χ2v) is 2.75. The third kappa shape index (κ3) is 1.27. The molecule has 1 aromatic rings. The van der Waals surface area contributed by atoms with Crippen LogP contribution in [0.2, 0.25) is 0 Å². The van der Waals surface area contributed by atoms with Crippen molar-refractivity contribution in [3.05, 3.63) is 18.0 Å². The highest BCUT2D eigenvalue weighted by molar-refractivity contribution is 5.10. The van der Waals surface area contributed by atoms with E-state index >= 15 is 0 Å². The minimum Gasteiger partial charge on any atom is -0.301 e. The van der Waals surface area contributed by atoms with Crippen molar-refractivity contribution in [3.8, 4) is 0 Å². The van der Waals surface area contributed by atoms with Crippen LogP contribution in [0, 0.1) is 0 Å². The average Bonchev–Trinajstić information content (AvgIpc) is 2.55. The van der Waals surface area contributed by atoms with Crippen LogP contribution in [0.3, 0.4) is 0 Å². The Kier molecular flexibility index (Phi) is 1.63.